The largest absolute Gasteiger partial charge is 0.373 e. The molecular weight excluding hydrogens is 300 g/mol. The first kappa shape index (κ1) is 15.7. The number of hydrogen-bond donors (Lipinski definition) is 1. The lowest BCUT2D eigenvalue weighted by Crippen LogP contribution is -2.48. The van der Waals surface area contributed by atoms with Crippen LogP contribution in [0.15, 0.2) is 23.1 Å². The van der Waals surface area contributed by atoms with Gasteiger partial charge < -0.3 is 10.5 Å². The third-order valence-corrected chi connectivity index (χ3v) is 5.55. The molecule has 0 spiro atoms. The zero-order valence-electron chi connectivity index (χ0n) is 11.5. The number of hydrogen-bond acceptors (Lipinski definition) is 4. The third-order valence-electron chi connectivity index (χ3n) is 3.24. The molecule has 1 aliphatic rings. The summed E-state index contributed by atoms with van der Waals surface area (Å²) in [6.45, 7) is 4.65. The van der Waals surface area contributed by atoms with Crippen molar-refractivity contribution in [1.29, 1.82) is 0 Å². The lowest BCUT2D eigenvalue weighted by atomic mass is 10.2. The summed E-state index contributed by atoms with van der Waals surface area (Å²) in [5.74, 6) is 0. The second kappa shape index (κ2) is 5.99. The van der Waals surface area contributed by atoms with Crippen LogP contribution in [0, 0.1) is 0 Å². The molecule has 112 valence electrons. The fourth-order valence-corrected chi connectivity index (χ4v) is 4.45. The summed E-state index contributed by atoms with van der Waals surface area (Å²) in [6.07, 6.45) is -0.269. The molecule has 0 aromatic heterocycles. The molecular formula is C13H19ClN2O3S. The summed E-state index contributed by atoms with van der Waals surface area (Å²) in [5, 5.41) is 0.217. The van der Waals surface area contributed by atoms with E-state index >= 15 is 0 Å². The molecule has 2 rings (SSSR count). The van der Waals surface area contributed by atoms with Crippen molar-refractivity contribution in [2.45, 2.75) is 37.5 Å². The summed E-state index contributed by atoms with van der Waals surface area (Å²) in [5.41, 5.74) is 6.30. The number of rotatable bonds is 3. The van der Waals surface area contributed by atoms with E-state index in [9.17, 15) is 8.42 Å². The Morgan fingerprint density at radius 1 is 1.35 bits per heavy atom. The van der Waals surface area contributed by atoms with Crippen molar-refractivity contribution < 1.29 is 13.2 Å². The van der Waals surface area contributed by atoms with Gasteiger partial charge >= 0.3 is 0 Å². The van der Waals surface area contributed by atoms with Gasteiger partial charge in [-0.25, -0.2) is 8.42 Å². The van der Waals surface area contributed by atoms with E-state index in [-0.39, 0.29) is 28.7 Å². The van der Waals surface area contributed by atoms with Crippen molar-refractivity contribution in [3.8, 4) is 0 Å². The van der Waals surface area contributed by atoms with E-state index in [0.717, 1.165) is 5.56 Å². The number of nitrogens with two attached hydrogens (primary N) is 1. The molecule has 0 saturated carbocycles. The van der Waals surface area contributed by atoms with Gasteiger partial charge in [-0.3, -0.25) is 0 Å². The Hall–Kier alpha value is -0.660. The minimum atomic E-state index is -3.63. The maximum atomic E-state index is 12.7. The summed E-state index contributed by atoms with van der Waals surface area (Å²) in [6, 6.07) is 4.85. The standard InChI is InChI=1S/C13H19ClN2O3S/c1-9-7-16(8-10(2)19-9)20(17,18)13-5-11(6-15)3-4-12(13)14/h3-5,9-10H,6-8,15H2,1-2H3/t9-,10+. The molecule has 5 nitrogen and oxygen atoms in total. The minimum absolute atomic E-state index is 0.114. The molecule has 0 unspecified atom stereocenters. The number of sulfonamides is 1. The second-order valence-electron chi connectivity index (χ2n) is 5.05. The topological polar surface area (TPSA) is 72.6 Å². The smallest absolute Gasteiger partial charge is 0.244 e. The van der Waals surface area contributed by atoms with Crippen LogP contribution in [-0.4, -0.2) is 38.0 Å². The highest BCUT2D eigenvalue weighted by Gasteiger charge is 2.33. The van der Waals surface area contributed by atoms with Crippen molar-refractivity contribution in [2.75, 3.05) is 13.1 Å². The van der Waals surface area contributed by atoms with E-state index in [4.69, 9.17) is 22.1 Å². The molecule has 1 aliphatic heterocycles. The zero-order valence-corrected chi connectivity index (χ0v) is 13.1. The van der Waals surface area contributed by atoms with Crippen LogP contribution in [0.4, 0.5) is 0 Å². The molecule has 1 aromatic rings. The van der Waals surface area contributed by atoms with Crippen molar-refractivity contribution in [1.82, 2.24) is 4.31 Å². The maximum Gasteiger partial charge on any atom is 0.244 e. The Balaban J connectivity index is 2.39. The molecule has 0 bridgehead atoms. The minimum Gasteiger partial charge on any atom is -0.373 e. The van der Waals surface area contributed by atoms with E-state index in [1.54, 1.807) is 18.2 Å². The van der Waals surface area contributed by atoms with Crippen LogP contribution in [-0.2, 0) is 21.3 Å². The van der Waals surface area contributed by atoms with Gasteiger partial charge in [-0.2, -0.15) is 4.31 Å². The Bertz CT molecular complexity index is 581. The first-order valence-electron chi connectivity index (χ1n) is 6.48. The predicted octanol–water partition coefficient (Wildman–Crippen LogP) is 1.60. The average molecular weight is 319 g/mol. The maximum absolute atomic E-state index is 12.7. The quantitative estimate of drug-likeness (QED) is 0.918. The van der Waals surface area contributed by atoms with Gasteiger partial charge in [0.25, 0.3) is 0 Å². The van der Waals surface area contributed by atoms with Gasteiger partial charge in [0.05, 0.1) is 17.2 Å². The summed E-state index contributed by atoms with van der Waals surface area (Å²) in [7, 11) is -3.63. The molecule has 20 heavy (non-hydrogen) atoms. The highest BCUT2D eigenvalue weighted by atomic mass is 35.5. The SMILES string of the molecule is C[C@@H]1CN(S(=O)(=O)c2cc(CN)ccc2Cl)C[C@H](C)O1. The molecule has 0 aliphatic carbocycles. The predicted molar refractivity (Wildman–Crippen MR) is 78.1 cm³/mol. The Labute approximate surface area is 124 Å². The van der Waals surface area contributed by atoms with Crippen LogP contribution in [0.5, 0.6) is 0 Å². The molecule has 7 heteroatoms. The highest BCUT2D eigenvalue weighted by Crippen LogP contribution is 2.27. The molecule has 1 heterocycles. The Morgan fingerprint density at radius 2 is 1.95 bits per heavy atom. The van der Waals surface area contributed by atoms with Gasteiger partial charge in [0.15, 0.2) is 0 Å². The van der Waals surface area contributed by atoms with Crippen LogP contribution in [0.3, 0.4) is 0 Å². The van der Waals surface area contributed by atoms with Gasteiger partial charge in [0, 0.05) is 19.6 Å². The monoisotopic (exact) mass is 318 g/mol. The number of ether oxygens (including phenoxy) is 1. The fourth-order valence-electron chi connectivity index (χ4n) is 2.34. The lowest BCUT2D eigenvalue weighted by Gasteiger charge is -2.34. The number of nitrogens with zero attached hydrogens (tertiary/aromatic N) is 1. The van der Waals surface area contributed by atoms with E-state index in [2.05, 4.69) is 0 Å². The van der Waals surface area contributed by atoms with Gasteiger partial charge in [0.2, 0.25) is 10.0 Å². The van der Waals surface area contributed by atoms with Crippen molar-refractivity contribution in [2.24, 2.45) is 5.73 Å². The van der Waals surface area contributed by atoms with Gasteiger partial charge in [0.1, 0.15) is 4.90 Å². The highest BCUT2D eigenvalue weighted by molar-refractivity contribution is 7.89. The zero-order chi connectivity index (χ0) is 14.9. The Morgan fingerprint density at radius 3 is 2.50 bits per heavy atom. The molecule has 0 amide bonds. The lowest BCUT2D eigenvalue weighted by molar-refractivity contribution is -0.0440. The molecule has 2 N–H and O–H groups in total. The van der Waals surface area contributed by atoms with Crippen molar-refractivity contribution >= 4 is 21.6 Å². The van der Waals surface area contributed by atoms with E-state index in [1.165, 1.54) is 4.31 Å². The van der Waals surface area contributed by atoms with Crippen LogP contribution in [0.25, 0.3) is 0 Å². The number of morpholine rings is 1. The molecule has 1 aromatic carbocycles. The van der Waals surface area contributed by atoms with Gasteiger partial charge in [-0.1, -0.05) is 17.7 Å². The van der Waals surface area contributed by atoms with Crippen molar-refractivity contribution in [3.05, 3.63) is 28.8 Å². The van der Waals surface area contributed by atoms with Crippen LogP contribution < -0.4 is 5.73 Å². The van der Waals surface area contributed by atoms with Crippen LogP contribution >= 0.6 is 11.6 Å². The number of halogens is 1. The average Bonchev–Trinajstić information content (AvgIpc) is 2.38. The summed E-state index contributed by atoms with van der Waals surface area (Å²) < 4.78 is 32.4. The third kappa shape index (κ3) is 3.15. The first-order chi connectivity index (χ1) is 9.34. The van der Waals surface area contributed by atoms with E-state index < -0.39 is 10.0 Å². The van der Waals surface area contributed by atoms with Gasteiger partial charge in [-0.05, 0) is 31.5 Å². The normalized spacial score (nSPS) is 24.8. The Kier molecular flexibility index (Phi) is 4.71. The van der Waals surface area contributed by atoms with Gasteiger partial charge in [-0.15, -0.1) is 0 Å². The molecule has 1 saturated heterocycles. The summed E-state index contributed by atoms with van der Waals surface area (Å²) in [4.78, 5) is 0.114. The first-order valence-corrected chi connectivity index (χ1v) is 8.30. The second-order valence-corrected chi connectivity index (χ2v) is 7.36. The van der Waals surface area contributed by atoms with Crippen LogP contribution in [0.1, 0.15) is 19.4 Å². The fraction of sp³-hybridized carbons (Fsp3) is 0.538. The van der Waals surface area contributed by atoms with E-state index in [1.807, 2.05) is 13.8 Å². The van der Waals surface area contributed by atoms with Crippen LogP contribution in [0.2, 0.25) is 5.02 Å². The molecule has 0 radical (unpaired) electrons. The van der Waals surface area contributed by atoms with E-state index in [0.29, 0.717) is 13.1 Å². The molecule has 2 atom stereocenters. The molecule has 1 fully saturated rings. The summed E-state index contributed by atoms with van der Waals surface area (Å²) >= 11 is 6.05. The number of benzene rings is 1. The van der Waals surface area contributed by atoms with Crippen molar-refractivity contribution in [3.63, 3.8) is 0 Å².